The maximum atomic E-state index is 5.47. The molecule has 3 nitrogen and oxygen atoms in total. The summed E-state index contributed by atoms with van der Waals surface area (Å²) in [6, 6.07) is 1.49. The van der Waals surface area contributed by atoms with Crippen molar-refractivity contribution in [2.45, 2.75) is 51.8 Å². The molecule has 1 aliphatic rings. The molecule has 0 heterocycles. The molecule has 1 rings (SSSR count). The molecule has 1 aliphatic carbocycles. The van der Waals surface area contributed by atoms with Crippen LogP contribution in [0.1, 0.15) is 33.6 Å². The van der Waals surface area contributed by atoms with Crippen molar-refractivity contribution in [3.05, 3.63) is 0 Å². The van der Waals surface area contributed by atoms with E-state index in [2.05, 4.69) is 38.0 Å². The predicted molar refractivity (Wildman–Crippen MR) is 64.2 cm³/mol. The Morgan fingerprint density at radius 1 is 1.33 bits per heavy atom. The first kappa shape index (κ1) is 12.9. The molecule has 90 valence electrons. The highest BCUT2D eigenvalue weighted by molar-refractivity contribution is 4.85. The van der Waals surface area contributed by atoms with Gasteiger partial charge in [-0.3, -0.25) is 4.90 Å². The Morgan fingerprint density at radius 3 is 2.53 bits per heavy atom. The molecule has 15 heavy (non-hydrogen) atoms. The van der Waals surface area contributed by atoms with Gasteiger partial charge in [-0.1, -0.05) is 0 Å². The molecule has 0 aromatic heterocycles. The molecule has 1 N–H and O–H groups in total. The van der Waals surface area contributed by atoms with Crippen molar-refractivity contribution < 1.29 is 4.74 Å². The Balaban J connectivity index is 1.94. The highest BCUT2D eigenvalue weighted by atomic mass is 16.5. The zero-order chi connectivity index (χ0) is 11.3. The molecule has 0 aromatic rings. The van der Waals surface area contributed by atoms with E-state index in [0.29, 0.717) is 12.1 Å². The summed E-state index contributed by atoms with van der Waals surface area (Å²) in [6.07, 6.45) is 3.12. The van der Waals surface area contributed by atoms with Crippen LogP contribution < -0.4 is 5.32 Å². The molecule has 0 radical (unpaired) electrons. The van der Waals surface area contributed by atoms with Crippen molar-refractivity contribution in [2.24, 2.45) is 0 Å². The summed E-state index contributed by atoms with van der Waals surface area (Å²) >= 11 is 0. The number of likely N-dealkylation sites (N-methyl/N-ethyl adjacent to an activating group) is 1. The van der Waals surface area contributed by atoms with Crippen LogP contribution in [0.15, 0.2) is 0 Å². The highest BCUT2D eigenvalue weighted by Gasteiger charge is 2.28. The van der Waals surface area contributed by atoms with Crippen molar-refractivity contribution in [2.75, 3.05) is 26.7 Å². The number of nitrogens with one attached hydrogen (secondary N) is 1. The zero-order valence-electron chi connectivity index (χ0n) is 10.6. The average Bonchev–Trinajstić information content (AvgIpc) is 2.98. The monoisotopic (exact) mass is 214 g/mol. The van der Waals surface area contributed by atoms with Gasteiger partial charge in [0.1, 0.15) is 0 Å². The summed E-state index contributed by atoms with van der Waals surface area (Å²) in [5.41, 5.74) is 0. The average molecular weight is 214 g/mol. The van der Waals surface area contributed by atoms with Gasteiger partial charge in [-0.05, 0) is 40.7 Å². The molecule has 1 atom stereocenters. The molecular weight excluding hydrogens is 188 g/mol. The van der Waals surface area contributed by atoms with Crippen LogP contribution in [0.4, 0.5) is 0 Å². The van der Waals surface area contributed by atoms with Gasteiger partial charge in [-0.15, -0.1) is 0 Å². The third-order valence-electron chi connectivity index (χ3n) is 2.99. The molecule has 0 bridgehead atoms. The van der Waals surface area contributed by atoms with Gasteiger partial charge in [0.25, 0.3) is 0 Å². The van der Waals surface area contributed by atoms with E-state index in [1.165, 1.54) is 12.8 Å². The lowest BCUT2D eigenvalue weighted by molar-refractivity contribution is 0.0798. The summed E-state index contributed by atoms with van der Waals surface area (Å²) in [4.78, 5) is 2.48. The summed E-state index contributed by atoms with van der Waals surface area (Å²) in [6.45, 7) is 9.27. The van der Waals surface area contributed by atoms with Crippen molar-refractivity contribution in [1.82, 2.24) is 10.2 Å². The summed E-state index contributed by atoms with van der Waals surface area (Å²) in [5, 5.41) is 3.44. The Kier molecular flexibility index (Phi) is 5.58. The molecule has 0 saturated heterocycles. The minimum atomic E-state index is 0.346. The number of ether oxygens (including phenoxy) is 1. The molecule has 1 saturated carbocycles. The van der Waals surface area contributed by atoms with Crippen LogP contribution in [0.3, 0.4) is 0 Å². The van der Waals surface area contributed by atoms with Crippen molar-refractivity contribution >= 4 is 0 Å². The van der Waals surface area contributed by atoms with Crippen LogP contribution in [0.2, 0.25) is 0 Å². The standard InChI is InChI=1S/C12H26N2O/c1-10(2)15-8-7-13-9-11(3)14(4)12-5-6-12/h10-13H,5-9H2,1-4H3. The van der Waals surface area contributed by atoms with Gasteiger partial charge in [0.2, 0.25) is 0 Å². The smallest absolute Gasteiger partial charge is 0.0594 e. The third-order valence-corrected chi connectivity index (χ3v) is 2.99. The summed E-state index contributed by atoms with van der Waals surface area (Å²) in [7, 11) is 2.23. The number of hydrogen-bond acceptors (Lipinski definition) is 3. The van der Waals surface area contributed by atoms with Gasteiger partial charge >= 0.3 is 0 Å². The molecule has 0 amide bonds. The first-order valence-corrected chi connectivity index (χ1v) is 6.15. The minimum Gasteiger partial charge on any atom is -0.377 e. The SMILES string of the molecule is CC(C)OCCNCC(C)N(C)C1CC1. The quantitative estimate of drug-likeness (QED) is 0.620. The van der Waals surface area contributed by atoms with Crippen LogP contribution in [-0.4, -0.2) is 49.8 Å². The molecule has 0 spiro atoms. The molecule has 3 heteroatoms. The van der Waals surface area contributed by atoms with Gasteiger partial charge in [-0.2, -0.15) is 0 Å². The van der Waals surface area contributed by atoms with Crippen LogP contribution >= 0.6 is 0 Å². The first-order valence-electron chi connectivity index (χ1n) is 6.15. The third kappa shape index (κ3) is 5.50. The maximum absolute atomic E-state index is 5.47. The Morgan fingerprint density at radius 2 is 2.00 bits per heavy atom. The lowest BCUT2D eigenvalue weighted by Crippen LogP contribution is -2.40. The van der Waals surface area contributed by atoms with E-state index in [-0.39, 0.29) is 0 Å². The van der Waals surface area contributed by atoms with Gasteiger partial charge in [0.15, 0.2) is 0 Å². The fourth-order valence-corrected chi connectivity index (χ4v) is 1.66. The molecule has 1 fully saturated rings. The summed E-state index contributed by atoms with van der Waals surface area (Å²) < 4.78 is 5.47. The van der Waals surface area contributed by atoms with E-state index in [1.807, 2.05) is 0 Å². The van der Waals surface area contributed by atoms with Gasteiger partial charge in [-0.25, -0.2) is 0 Å². The Labute approximate surface area is 94.2 Å². The lowest BCUT2D eigenvalue weighted by Gasteiger charge is -2.24. The Bertz CT molecular complexity index is 169. The second kappa shape index (κ2) is 6.46. The lowest BCUT2D eigenvalue weighted by atomic mass is 10.3. The normalized spacial score (nSPS) is 18.8. The first-order chi connectivity index (χ1) is 7.11. The molecule has 0 aromatic carbocycles. The van der Waals surface area contributed by atoms with Crippen molar-refractivity contribution in [1.29, 1.82) is 0 Å². The van der Waals surface area contributed by atoms with Crippen LogP contribution in [0, 0.1) is 0 Å². The van der Waals surface area contributed by atoms with E-state index in [9.17, 15) is 0 Å². The fourth-order valence-electron chi connectivity index (χ4n) is 1.66. The van der Waals surface area contributed by atoms with E-state index in [0.717, 1.165) is 25.7 Å². The van der Waals surface area contributed by atoms with Crippen LogP contribution in [0.25, 0.3) is 0 Å². The topological polar surface area (TPSA) is 24.5 Å². The molecule has 0 aliphatic heterocycles. The number of nitrogens with zero attached hydrogens (tertiary/aromatic N) is 1. The molecule has 1 unspecified atom stereocenters. The number of rotatable bonds is 8. The second-order valence-corrected chi connectivity index (χ2v) is 4.87. The minimum absolute atomic E-state index is 0.346. The van der Waals surface area contributed by atoms with Crippen molar-refractivity contribution in [3.63, 3.8) is 0 Å². The van der Waals surface area contributed by atoms with Gasteiger partial charge < -0.3 is 10.1 Å². The zero-order valence-corrected chi connectivity index (χ0v) is 10.6. The van der Waals surface area contributed by atoms with Crippen molar-refractivity contribution in [3.8, 4) is 0 Å². The van der Waals surface area contributed by atoms with E-state index >= 15 is 0 Å². The highest BCUT2D eigenvalue weighted by Crippen LogP contribution is 2.26. The molecular formula is C12H26N2O. The van der Waals surface area contributed by atoms with Gasteiger partial charge in [0.05, 0.1) is 12.7 Å². The van der Waals surface area contributed by atoms with E-state index in [4.69, 9.17) is 4.74 Å². The second-order valence-electron chi connectivity index (χ2n) is 4.87. The number of hydrogen-bond donors (Lipinski definition) is 1. The Hall–Kier alpha value is -0.120. The predicted octanol–water partition coefficient (Wildman–Crippen LogP) is 1.48. The fraction of sp³-hybridized carbons (Fsp3) is 1.00. The largest absolute Gasteiger partial charge is 0.377 e. The summed E-state index contributed by atoms with van der Waals surface area (Å²) in [5.74, 6) is 0. The van der Waals surface area contributed by atoms with E-state index in [1.54, 1.807) is 0 Å². The van der Waals surface area contributed by atoms with Gasteiger partial charge in [0, 0.05) is 25.2 Å². The maximum Gasteiger partial charge on any atom is 0.0594 e. The van der Waals surface area contributed by atoms with E-state index < -0.39 is 0 Å². The van der Waals surface area contributed by atoms with Crippen LogP contribution in [0.5, 0.6) is 0 Å². The van der Waals surface area contributed by atoms with Crippen LogP contribution in [-0.2, 0) is 4.74 Å².